The van der Waals surface area contributed by atoms with Crippen LogP contribution in [0, 0.1) is 0 Å². The van der Waals surface area contributed by atoms with E-state index in [0.29, 0.717) is 22.6 Å². The van der Waals surface area contributed by atoms with E-state index in [1.165, 1.54) is 4.80 Å². The lowest BCUT2D eigenvalue weighted by molar-refractivity contribution is 0.446. The summed E-state index contributed by atoms with van der Waals surface area (Å²) < 4.78 is 5.64. The summed E-state index contributed by atoms with van der Waals surface area (Å²) >= 11 is 6.14. The van der Waals surface area contributed by atoms with Crippen LogP contribution < -0.4 is 0 Å². The van der Waals surface area contributed by atoms with E-state index in [4.69, 9.17) is 16.0 Å². The summed E-state index contributed by atoms with van der Waals surface area (Å²) in [6.45, 7) is 0.233. The van der Waals surface area contributed by atoms with E-state index in [1.54, 1.807) is 6.07 Å². The van der Waals surface area contributed by atoms with Crippen LogP contribution >= 0.6 is 11.6 Å². The average Bonchev–Trinajstić information content (AvgIpc) is 3.26. The summed E-state index contributed by atoms with van der Waals surface area (Å²) in [7, 11) is 0. The van der Waals surface area contributed by atoms with Gasteiger partial charge in [0.15, 0.2) is 0 Å². The third-order valence-electron chi connectivity index (χ3n) is 3.33. The molecule has 4 aromatic rings. The number of benzene rings is 2. The SMILES string of the molecule is Clc1ccccc1-c1nnn(Cc2nnc(-c3ccccc3)o2)n1. The molecular weight excluding hydrogens is 328 g/mol. The van der Waals surface area contributed by atoms with Crippen LogP contribution in [0.5, 0.6) is 0 Å². The van der Waals surface area contributed by atoms with E-state index in [2.05, 4.69) is 25.6 Å². The van der Waals surface area contributed by atoms with Crippen LogP contribution in [-0.2, 0) is 6.54 Å². The molecule has 8 heteroatoms. The van der Waals surface area contributed by atoms with E-state index in [0.717, 1.165) is 11.1 Å². The topological polar surface area (TPSA) is 82.5 Å². The highest BCUT2D eigenvalue weighted by Gasteiger charge is 2.13. The Morgan fingerprint density at radius 3 is 2.54 bits per heavy atom. The molecule has 4 rings (SSSR count). The Kier molecular flexibility index (Phi) is 3.76. The highest BCUT2D eigenvalue weighted by Crippen LogP contribution is 2.23. The highest BCUT2D eigenvalue weighted by molar-refractivity contribution is 6.33. The maximum absolute atomic E-state index is 6.14. The molecule has 0 radical (unpaired) electrons. The Morgan fingerprint density at radius 1 is 0.917 bits per heavy atom. The first-order valence-corrected chi connectivity index (χ1v) is 7.58. The van der Waals surface area contributed by atoms with Gasteiger partial charge < -0.3 is 4.42 Å². The van der Waals surface area contributed by atoms with Gasteiger partial charge in [-0.25, -0.2) is 0 Å². The third kappa shape index (κ3) is 2.89. The zero-order valence-electron chi connectivity index (χ0n) is 12.4. The van der Waals surface area contributed by atoms with E-state index in [1.807, 2.05) is 48.5 Å². The minimum Gasteiger partial charge on any atom is -0.419 e. The maximum atomic E-state index is 6.14. The highest BCUT2D eigenvalue weighted by atomic mass is 35.5. The molecule has 0 saturated carbocycles. The Hall–Kier alpha value is -3.06. The zero-order valence-corrected chi connectivity index (χ0v) is 13.1. The van der Waals surface area contributed by atoms with Crippen molar-refractivity contribution in [3.8, 4) is 22.8 Å². The molecule has 0 atom stereocenters. The number of rotatable bonds is 4. The molecule has 0 unspecified atom stereocenters. The van der Waals surface area contributed by atoms with Gasteiger partial charge in [0.25, 0.3) is 0 Å². The molecule has 7 nitrogen and oxygen atoms in total. The van der Waals surface area contributed by atoms with Gasteiger partial charge >= 0.3 is 0 Å². The lowest BCUT2D eigenvalue weighted by atomic mass is 10.2. The lowest BCUT2D eigenvalue weighted by Gasteiger charge is -1.96. The number of halogens is 1. The van der Waals surface area contributed by atoms with Gasteiger partial charge in [-0.2, -0.15) is 4.80 Å². The second-order valence-corrected chi connectivity index (χ2v) is 5.40. The van der Waals surface area contributed by atoms with Gasteiger partial charge in [-0.05, 0) is 29.5 Å². The van der Waals surface area contributed by atoms with Crippen molar-refractivity contribution in [1.82, 2.24) is 30.4 Å². The van der Waals surface area contributed by atoms with E-state index >= 15 is 0 Å². The number of nitrogens with zero attached hydrogens (tertiary/aromatic N) is 6. The molecule has 2 aromatic heterocycles. The van der Waals surface area contributed by atoms with Crippen LogP contribution in [0.2, 0.25) is 5.02 Å². The molecule has 0 aliphatic heterocycles. The van der Waals surface area contributed by atoms with Crippen LogP contribution in [0.1, 0.15) is 5.89 Å². The van der Waals surface area contributed by atoms with Gasteiger partial charge in [0.2, 0.25) is 17.6 Å². The lowest BCUT2D eigenvalue weighted by Crippen LogP contribution is -2.04. The predicted molar refractivity (Wildman–Crippen MR) is 87.1 cm³/mol. The molecule has 0 aliphatic rings. The van der Waals surface area contributed by atoms with Crippen LogP contribution in [0.25, 0.3) is 22.8 Å². The first-order chi connectivity index (χ1) is 11.8. The standard InChI is InChI=1S/C16H11ClN6O/c17-13-9-5-4-8-12(13)15-19-22-23(21-15)10-14-18-20-16(24-14)11-6-2-1-3-7-11/h1-9H,10H2. The quantitative estimate of drug-likeness (QED) is 0.568. The molecule has 0 N–H and O–H groups in total. The fourth-order valence-electron chi connectivity index (χ4n) is 2.20. The molecular formula is C16H11ClN6O. The first-order valence-electron chi connectivity index (χ1n) is 7.20. The van der Waals surface area contributed by atoms with Gasteiger partial charge in [0, 0.05) is 11.1 Å². The van der Waals surface area contributed by atoms with Crippen LogP contribution in [0.4, 0.5) is 0 Å². The van der Waals surface area contributed by atoms with Gasteiger partial charge in [-0.15, -0.1) is 20.4 Å². The molecule has 2 heterocycles. The Bertz CT molecular complexity index is 965. The Labute approximate surface area is 141 Å². The molecule has 118 valence electrons. The fourth-order valence-corrected chi connectivity index (χ4v) is 2.42. The summed E-state index contributed by atoms with van der Waals surface area (Å²) in [5.74, 6) is 1.30. The molecule has 0 amide bonds. The molecule has 0 bridgehead atoms. The average molecular weight is 339 g/mol. The van der Waals surface area contributed by atoms with Gasteiger partial charge in [-0.3, -0.25) is 0 Å². The van der Waals surface area contributed by atoms with Crippen LogP contribution in [0.3, 0.4) is 0 Å². The second-order valence-electron chi connectivity index (χ2n) is 4.99. The fraction of sp³-hybridized carbons (Fsp3) is 0.0625. The minimum absolute atomic E-state index is 0.233. The predicted octanol–water partition coefficient (Wildman–Crippen LogP) is 3.09. The van der Waals surface area contributed by atoms with Crippen LogP contribution in [-0.4, -0.2) is 30.4 Å². The van der Waals surface area contributed by atoms with Crippen molar-refractivity contribution in [3.63, 3.8) is 0 Å². The third-order valence-corrected chi connectivity index (χ3v) is 3.66. The maximum Gasteiger partial charge on any atom is 0.247 e. The van der Waals surface area contributed by atoms with Gasteiger partial charge in [0.1, 0.15) is 6.54 Å². The zero-order chi connectivity index (χ0) is 16.4. The normalized spacial score (nSPS) is 10.9. The smallest absolute Gasteiger partial charge is 0.247 e. The molecule has 0 spiro atoms. The minimum atomic E-state index is 0.233. The molecule has 0 saturated heterocycles. The van der Waals surface area contributed by atoms with Crippen molar-refractivity contribution in [3.05, 3.63) is 65.5 Å². The van der Waals surface area contributed by atoms with Crippen molar-refractivity contribution in [2.75, 3.05) is 0 Å². The summed E-state index contributed by atoms with van der Waals surface area (Å²) in [5.41, 5.74) is 1.58. The Balaban J connectivity index is 1.55. The van der Waals surface area contributed by atoms with Crippen LogP contribution in [0.15, 0.2) is 59.0 Å². The summed E-state index contributed by atoms with van der Waals surface area (Å²) in [6.07, 6.45) is 0. The van der Waals surface area contributed by atoms with Crippen molar-refractivity contribution < 1.29 is 4.42 Å². The molecule has 24 heavy (non-hydrogen) atoms. The molecule has 0 aliphatic carbocycles. The summed E-state index contributed by atoms with van der Waals surface area (Å²) in [6, 6.07) is 16.9. The monoisotopic (exact) mass is 338 g/mol. The Morgan fingerprint density at radius 2 is 1.71 bits per heavy atom. The molecule has 2 aromatic carbocycles. The summed E-state index contributed by atoms with van der Waals surface area (Å²) in [4.78, 5) is 1.39. The number of hydrogen-bond acceptors (Lipinski definition) is 6. The van der Waals surface area contributed by atoms with Crippen molar-refractivity contribution in [2.45, 2.75) is 6.54 Å². The second kappa shape index (κ2) is 6.21. The van der Waals surface area contributed by atoms with E-state index < -0.39 is 0 Å². The largest absolute Gasteiger partial charge is 0.419 e. The first kappa shape index (κ1) is 14.5. The number of aromatic nitrogens is 6. The van der Waals surface area contributed by atoms with Gasteiger partial charge in [-0.1, -0.05) is 41.9 Å². The van der Waals surface area contributed by atoms with Crippen molar-refractivity contribution in [1.29, 1.82) is 0 Å². The van der Waals surface area contributed by atoms with Crippen molar-refractivity contribution in [2.24, 2.45) is 0 Å². The van der Waals surface area contributed by atoms with Crippen molar-refractivity contribution >= 4 is 11.6 Å². The number of hydrogen-bond donors (Lipinski definition) is 0. The number of tetrazole rings is 1. The summed E-state index contributed by atoms with van der Waals surface area (Å²) in [5, 5.41) is 20.9. The van der Waals surface area contributed by atoms with E-state index in [-0.39, 0.29) is 6.54 Å². The molecule has 0 fully saturated rings. The van der Waals surface area contributed by atoms with Gasteiger partial charge in [0.05, 0.1) is 5.02 Å². The van der Waals surface area contributed by atoms with E-state index in [9.17, 15) is 0 Å².